The molecule has 1 aliphatic carbocycles. The molecule has 2 nitrogen and oxygen atoms in total. The Hall–Kier alpha value is -1.07. The maximum absolute atomic E-state index is 13.3. The second-order valence-electron chi connectivity index (χ2n) is 4.14. The molecule has 1 saturated carbocycles. The van der Waals surface area contributed by atoms with Crippen LogP contribution in [0.4, 0.5) is 13.2 Å². The summed E-state index contributed by atoms with van der Waals surface area (Å²) >= 11 is 0. The van der Waals surface area contributed by atoms with E-state index < -0.39 is 29.6 Å². The van der Waals surface area contributed by atoms with Crippen LogP contribution in [0.3, 0.4) is 0 Å². The summed E-state index contributed by atoms with van der Waals surface area (Å²) in [6.07, 6.45) is 0.764. The molecule has 2 atom stereocenters. The fourth-order valence-corrected chi connectivity index (χ4v) is 1.71. The van der Waals surface area contributed by atoms with Gasteiger partial charge >= 0.3 is 0 Å². The smallest absolute Gasteiger partial charge is 0.161 e. The normalized spacial score (nSPS) is 19.6. The fraction of sp³-hybridized carbons (Fsp3) is 0.455. The Kier molecular flexibility index (Phi) is 2.90. The summed E-state index contributed by atoms with van der Waals surface area (Å²) in [5.74, 6) is -3.29. The van der Waals surface area contributed by atoms with E-state index >= 15 is 0 Å². The average molecular weight is 231 g/mol. The highest BCUT2D eigenvalue weighted by Crippen LogP contribution is 2.37. The second-order valence-corrected chi connectivity index (χ2v) is 4.14. The van der Waals surface area contributed by atoms with Gasteiger partial charge in [0.15, 0.2) is 11.6 Å². The zero-order valence-corrected chi connectivity index (χ0v) is 8.46. The van der Waals surface area contributed by atoms with Gasteiger partial charge in [-0.1, -0.05) is 0 Å². The Morgan fingerprint density at radius 3 is 2.25 bits per heavy atom. The molecule has 0 bridgehead atoms. The van der Waals surface area contributed by atoms with Crippen LogP contribution >= 0.6 is 0 Å². The molecule has 0 radical (unpaired) electrons. The summed E-state index contributed by atoms with van der Waals surface area (Å²) in [4.78, 5) is 0. The number of hydrogen-bond acceptors (Lipinski definition) is 2. The van der Waals surface area contributed by atoms with Gasteiger partial charge in [0, 0.05) is 11.6 Å². The highest BCUT2D eigenvalue weighted by Gasteiger charge is 2.35. The minimum Gasteiger partial charge on any atom is -0.391 e. The van der Waals surface area contributed by atoms with Crippen LogP contribution in [-0.4, -0.2) is 11.2 Å². The van der Waals surface area contributed by atoms with Gasteiger partial charge in [-0.2, -0.15) is 0 Å². The van der Waals surface area contributed by atoms with Gasteiger partial charge < -0.3 is 10.8 Å². The van der Waals surface area contributed by atoms with Gasteiger partial charge in [-0.05, 0) is 24.8 Å². The standard InChI is InChI=1S/C11H12F3NO/c12-7-4-9(14)8(13)3-6(7)10(15)11(16)5-1-2-5/h3-5,10-11,16H,1-2,15H2/t10-,11+/m0/s1. The van der Waals surface area contributed by atoms with Crippen LogP contribution < -0.4 is 5.73 Å². The van der Waals surface area contributed by atoms with Gasteiger partial charge in [0.2, 0.25) is 0 Å². The van der Waals surface area contributed by atoms with Gasteiger partial charge in [-0.15, -0.1) is 0 Å². The molecule has 3 N–H and O–H groups in total. The van der Waals surface area contributed by atoms with Crippen LogP contribution in [0, 0.1) is 23.4 Å². The van der Waals surface area contributed by atoms with Crippen molar-refractivity contribution < 1.29 is 18.3 Å². The monoisotopic (exact) mass is 231 g/mol. The molecule has 1 aromatic carbocycles. The summed E-state index contributed by atoms with van der Waals surface area (Å²) in [5, 5.41) is 9.69. The summed E-state index contributed by atoms with van der Waals surface area (Å²) in [5.41, 5.74) is 5.44. The zero-order valence-electron chi connectivity index (χ0n) is 8.46. The van der Waals surface area contributed by atoms with Gasteiger partial charge in [-0.3, -0.25) is 0 Å². The van der Waals surface area contributed by atoms with Crippen molar-refractivity contribution in [1.29, 1.82) is 0 Å². The summed E-state index contributed by atoms with van der Waals surface area (Å²) in [6.45, 7) is 0. The molecule has 0 amide bonds. The number of hydrogen-bond donors (Lipinski definition) is 2. The number of aliphatic hydroxyl groups is 1. The highest BCUT2D eigenvalue weighted by molar-refractivity contribution is 5.24. The van der Waals surface area contributed by atoms with Gasteiger partial charge in [0.1, 0.15) is 5.82 Å². The van der Waals surface area contributed by atoms with E-state index in [-0.39, 0.29) is 11.5 Å². The van der Waals surface area contributed by atoms with E-state index in [2.05, 4.69) is 0 Å². The van der Waals surface area contributed by atoms with Gasteiger partial charge in [0.05, 0.1) is 12.1 Å². The van der Waals surface area contributed by atoms with Crippen molar-refractivity contribution in [3.63, 3.8) is 0 Å². The molecule has 88 valence electrons. The predicted molar refractivity (Wildman–Crippen MR) is 52.0 cm³/mol. The van der Waals surface area contributed by atoms with Gasteiger partial charge in [0.25, 0.3) is 0 Å². The van der Waals surface area contributed by atoms with Crippen molar-refractivity contribution in [3.05, 3.63) is 35.1 Å². The lowest BCUT2D eigenvalue weighted by Crippen LogP contribution is -2.29. The topological polar surface area (TPSA) is 46.2 Å². The Morgan fingerprint density at radius 2 is 1.69 bits per heavy atom. The molecule has 0 aliphatic heterocycles. The Morgan fingerprint density at radius 1 is 1.12 bits per heavy atom. The lowest BCUT2D eigenvalue weighted by molar-refractivity contribution is 0.120. The first-order valence-corrected chi connectivity index (χ1v) is 5.09. The summed E-state index contributed by atoms with van der Waals surface area (Å²) in [6, 6.07) is 0.146. The zero-order chi connectivity index (χ0) is 11.9. The summed E-state index contributed by atoms with van der Waals surface area (Å²) in [7, 11) is 0. The third kappa shape index (κ3) is 2.05. The van der Waals surface area contributed by atoms with E-state index in [1.54, 1.807) is 0 Å². The van der Waals surface area contributed by atoms with Crippen molar-refractivity contribution in [2.45, 2.75) is 25.0 Å². The average Bonchev–Trinajstić information content (AvgIpc) is 3.05. The van der Waals surface area contributed by atoms with Crippen molar-refractivity contribution in [3.8, 4) is 0 Å². The van der Waals surface area contributed by atoms with Crippen LogP contribution in [0.2, 0.25) is 0 Å². The first-order chi connectivity index (χ1) is 7.50. The molecule has 0 spiro atoms. The van der Waals surface area contributed by atoms with E-state index in [1.165, 1.54) is 0 Å². The minimum atomic E-state index is -1.26. The quantitative estimate of drug-likeness (QED) is 0.780. The molecule has 1 fully saturated rings. The van der Waals surface area contributed by atoms with E-state index in [9.17, 15) is 18.3 Å². The van der Waals surface area contributed by atoms with Crippen LogP contribution in [0.5, 0.6) is 0 Å². The SMILES string of the molecule is N[C@@H](c1cc(F)c(F)cc1F)[C@H](O)C1CC1. The van der Waals surface area contributed by atoms with Gasteiger partial charge in [-0.25, -0.2) is 13.2 Å². The van der Waals surface area contributed by atoms with Crippen LogP contribution in [0.25, 0.3) is 0 Å². The predicted octanol–water partition coefficient (Wildman–Crippen LogP) is 1.87. The Bertz CT molecular complexity index is 406. The van der Waals surface area contributed by atoms with Crippen LogP contribution in [0.15, 0.2) is 12.1 Å². The maximum Gasteiger partial charge on any atom is 0.161 e. The number of aliphatic hydroxyl groups excluding tert-OH is 1. The molecule has 1 aliphatic rings. The molecule has 0 heterocycles. The van der Waals surface area contributed by atoms with E-state index in [0.717, 1.165) is 12.8 Å². The van der Waals surface area contributed by atoms with E-state index in [4.69, 9.17) is 5.73 Å². The molecule has 5 heteroatoms. The number of benzene rings is 1. The summed E-state index contributed by atoms with van der Waals surface area (Å²) < 4.78 is 38.9. The number of nitrogens with two attached hydrogens (primary N) is 1. The lowest BCUT2D eigenvalue weighted by Gasteiger charge is -2.19. The molecular weight excluding hydrogens is 219 g/mol. The van der Waals surface area contributed by atoms with Crippen LogP contribution in [0.1, 0.15) is 24.4 Å². The Balaban J connectivity index is 2.28. The van der Waals surface area contributed by atoms with Crippen molar-refractivity contribution in [2.75, 3.05) is 0 Å². The molecule has 16 heavy (non-hydrogen) atoms. The van der Waals surface area contributed by atoms with Crippen LogP contribution in [-0.2, 0) is 0 Å². The first-order valence-electron chi connectivity index (χ1n) is 5.09. The second kappa shape index (κ2) is 4.07. The molecule has 1 aromatic rings. The molecule has 2 rings (SSSR count). The van der Waals surface area contributed by atoms with E-state index in [0.29, 0.717) is 12.1 Å². The third-order valence-electron chi connectivity index (χ3n) is 2.87. The Labute approximate surface area is 90.9 Å². The van der Waals surface area contributed by atoms with Crippen molar-refractivity contribution >= 4 is 0 Å². The molecule has 0 saturated heterocycles. The van der Waals surface area contributed by atoms with Crippen molar-refractivity contribution in [2.24, 2.45) is 11.7 Å². The number of halogens is 3. The maximum atomic E-state index is 13.3. The van der Waals surface area contributed by atoms with Crippen molar-refractivity contribution in [1.82, 2.24) is 0 Å². The molecule has 0 aromatic heterocycles. The van der Waals surface area contributed by atoms with E-state index in [1.807, 2.05) is 0 Å². The minimum absolute atomic E-state index is 0.0440. The first kappa shape index (κ1) is 11.4. The highest BCUT2D eigenvalue weighted by atomic mass is 19.2. The molecular formula is C11H12F3NO. The third-order valence-corrected chi connectivity index (χ3v) is 2.87. The number of rotatable bonds is 3. The largest absolute Gasteiger partial charge is 0.391 e. The lowest BCUT2D eigenvalue weighted by atomic mass is 9.98. The molecule has 0 unspecified atom stereocenters. The fourth-order valence-electron chi connectivity index (χ4n) is 1.71.